The summed E-state index contributed by atoms with van der Waals surface area (Å²) in [5, 5.41) is 2.70. The van der Waals surface area contributed by atoms with Gasteiger partial charge in [-0.1, -0.05) is 0 Å². The highest BCUT2D eigenvalue weighted by molar-refractivity contribution is 5.95. The Hall–Kier alpha value is -3.81. The number of fused-ring (bicyclic) bond motifs is 1. The molecular weight excluding hydrogens is 375 g/mol. The van der Waals surface area contributed by atoms with Crippen molar-refractivity contribution in [3.05, 3.63) is 71.8 Å². The number of halogens is 1. The van der Waals surface area contributed by atoms with E-state index in [0.29, 0.717) is 34.0 Å². The number of aryl methyl sites for hydroxylation is 1. The van der Waals surface area contributed by atoms with Crippen LogP contribution in [0, 0.1) is 12.7 Å². The van der Waals surface area contributed by atoms with Crippen LogP contribution >= 0.6 is 0 Å². The van der Waals surface area contributed by atoms with Gasteiger partial charge in [0.15, 0.2) is 5.58 Å². The van der Waals surface area contributed by atoms with E-state index in [4.69, 9.17) is 9.15 Å². The SMILES string of the molecule is COc1ccc2oc(CNC(=O)c3cc(F)cc(-c4cc(C)ncn4)c3)nc2c1. The predicted octanol–water partition coefficient (Wildman–Crippen LogP) is 3.67. The Balaban J connectivity index is 1.52. The fourth-order valence-electron chi connectivity index (χ4n) is 2.90. The highest BCUT2D eigenvalue weighted by atomic mass is 19.1. The number of nitrogens with zero attached hydrogens (tertiary/aromatic N) is 3. The summed E-state index contributed by atoms with van der Waals surface area (Å²) in [5.74, 6) is 0.0209. The van der Waals surface area contributed by atoms with Gasteiger partial charge >= 0.3 is 0 Å². The number of aromatic nitrogens is 3. The van der Waals surface area contributed by atoms with Crippen molar-refractivity contribution in [2.75, 3.05) is 7.11 Å². The van der Waals surface area contributed by atoms with E-state index in [9.17, 15) is 9.18 Å². The molecule has 0 aliphatic heterocycles. The number of amides is 1. The van der Waals surface area contributed by atoms with Crippen LogP contribution in [0.1, 0.15) is 21.9 Å². The summed E-state index contributed by atoms with van der Waals surface area (Å²) in [4.78, 5) is 25.0. The highest BCUT2D eigenvalue weighted by Crippen LogP contribution is 2.22. The minimum absolute atomic E-state index is 0.0638. The number of carbonyl (C=O) groups excluding carboxylic acids is 1. The molecule has 1 amide bonds. The van der Waals surface area contributed by atoms with Gasteiger partial charge in [-0.3, -0.25) is 4.79 Å². The summed E-state index contributed by atoms with van der Waals surface area (Å²) in [7, 11) is 1.57. The Morgan fingerprint density at radius 2 is 2.03 bits per heavy atom. The maximum absolute atomic E-state index is 14.1. The third-order valence-corrected chi connectivity index (χ3v) is 4.30. The number of ether oxygens (including phenoxy) is 1. The van der Waals surface area contributed by atoms with Gasteiger partial charge in [-0.2, -0.15) is 0 Å². The normalized spacial score (nSPS) is 10.9. The molecule has 0 spiro atoms. The molecule has 0 aliphatic carbocycles. The average Bonchev–Trinajstić information content (AvgIpc) is 3.13. The molecule has 0 bridgehead atoms. The molecule has 4 aromatic rings. The first-order valence-electron chi connectivity index (χ1n) is 8.83. The topological polar surface area (TPSA) is 90.1 Å². The Kier molecular flexibility index (Phi) is 4.90. The third kappa shape index (κ3) is 4.06. The molecule has 0 saturated heterocycles. The van der Waals surface area contributed by atoms with Gasteiger partial charge in [0.25, 0.3) is 5.91 Å². The van der Waals surface area contributed by atoms with E-state index in [-0.39, 0.29) is 12.1 Å². The number of nitrogens with one attached hydrogen (secondary N) is 1. The van der Waals surface area contributed by atoms with Gasteiger partial charge in [-0.05, 0) is 43.3 Å². The van der Waals surface area contributed by atoms with E-state index in [1.807, 2.05) is 6.92 Å². The van der Waals surface area contributed by atoms with Gasteiger partial charge in [0, 0.05) is 22.9 Å². The number of hydrogen-bond acceptors (Lipinski definition) is 6. The average molecular weight is 392 g/mol. The first kappa shape index (κ1) is 18.5. The fourth-order valence-corrected chi connectivity index (χ4v) is 2.90. The van der Waals surface area contributed by atoms with Crippen molar-refractivity contribution in [1.82, 2.24) is 20.3 Å². The Bertz CT molecular complexity index is 1210. The van der Waals surface area contributed by atoms with E-state index in [0.717, 1.165) is 5.69 Å². The number of methoxy groups -OCH3 is 1. The van der Waals surface area contributed by atoms with E-state index < -0.39 is 11.7 Å². The van der Waals surface area contributed by atoms with Crippen molar-refractivity contribution >= 4 is 17.0 Å². The van der Waals surface area contributed by atoms with Crippen LogP contribution in [0.4, 0.5) is 4.39 Å². The summed E-state index contributed by atoms with van der Waals surface area (Å²) < 4.78 is 24.9. The monoisotopic (exact) mass is 392 g/mol. The Labute approximate surface area is 165 Å². The third-order valence-electron chi connectivity index (χ3n) is 4.30. The lowest BCUT2D eigenvalue weighted by Gasteiger charge is -2.07. The number of rotatable bonds is 5. The number of benzene rings is 2. The highest BCUT2D eigenvalue weighted by Gasteiger charge is 2.13. The number of hydrogen-bond donors (Lipinski definition) is 1. The zero-order chi connectivity index (χ0) is 20.4. The summed E-state index contributed by atoms with van der Waals surface area (Å²) >= 11 is 0. The molecule has 0 atom stereocenters. The lowest BCUT2D eigenvalue weighted by Crippen LogP contribution is -2.23. The van der Waals surface area contributed by atoms with Gasteiger partial charge in [0.1, 0.15) is 23.4 Å². The molecule has 0 aliphatic rings. The first-order chi connectivity index (χ1) is 14.0. The Morgan fingerprint density at radius 3 is 2.83 bits per heavy atom. The summed E-state index contributed by atoms with van der Waals surface area (Å²) in [6.45, 7) is 1.88. The second-order valence-electron chi connectivity index (χ2n) is 6.40. The van der Waals surface area contributed by atoms with E-state index >= 15 is 0 Å². The van der Waals surface area contributed by atoms with Crippen molar-refractivity contribution in [1.29, 1.82) is 0 Å². The predicted molar refractivity (Wildman–Crippen MR) is 104 cm³/mol. The van der Waals surface area contributed by atoms with E-state index in [2.05, 4.69) is 20.3 Å². The van der Waals surface area contributed by atoms with Crippen LogP contribution in [-0.2, 0) is 6.54 Å². The molecule has 2 heterocycles. The zero-order valence-corrected chi connectivity index (χ0v) is 15.8. The summed E-state index contributed by atoms with van der Waals surface area (Å²) in [6, 6.07) is 11.1. The maximum Gasteiger partial charge on any atom is 0.251 e. The van der Waals surface area contributed by atoms with E-state index in [1.54, 1.807) is 37.4 Å². The lowest BCUT2D eigenvalue weighted by atomic mass is 10.1. The van der Waals surface area contributed by atoms with Crippen molar-refractivity contribution < 1.29 is 18.3 Å². The molecule has 2 aromatic heterocycles. The lowest BCUT2D eigenvalue weighted by molar-refractivity contribution is 0.0947. The maximum atomic E-state index is 14.1. The molecule has 29 heavy (non-hydrogen) atoms. The molecule has 0 saturated carbocycles. The molecule has 8 heteroatoms. The van der Waals surface area contributed by atoms with Crippen LogP contribution in [-0.4, -0.2) is 28.0 Å². The molecular formula is C21H17FN4O3. The van der Waals surface area contributed by atoms with Crippen molar-refractivity contribution in [3.8, 4) is 17.0 Å². The number of carbonyl (C=O) groups is 1. The summed E-state index contributed by atoms with van der Waals surface area (Å²) in [6.07, 6.45) is 1.40. The van der Waals surface area contributed by atoms with Crippen LogP contribution in [0.25, 0.3) is 22.4 Å². The molecule has 7 nitrogen and oxygen atoms in total. The van der Waals surface area contributed by atoms with Crippen LogP contribution in [0.15, 0.2) is 53.2 Å². The standard InChI is InChI=1S/C21H17FN4O3/c1-12-5-17(25-11-24-12)13-6-14(8-15(22)7-13)21(27)23-10-20-26-18-9-16(28-2)3-4-19(18)29-20/h3-9,11H,10H2,1-2H3,(H,23,27). The van der Waals surface area contributed by atoms with E-state index in [1.165, 1.54) is 18.5 Å². The quantitative estimate of drug-likeness (QED) is 0.557. The van der Waals surface area contributed by atoms with Crippen LogP contribution in [0.3, 0.4) is 0 Å². The van der Waals surface area contributed by atoms with Gasteiger partial charge in [0.2, 0.25) is 5.89 Å². The van der Waals surface area contributed by atoms with Crippen molar-refractivity contribution in [3.63, 3.8) is 0 Å². The molecule has 0 fully saturated rings. The minimum Gasteiger partial charge on any atom is -0.497 e. The zero-order valence-electron chi connectivity index (χ0n) is 15.8. The smallest absolute Gasteiger partial charge is 0.251 e. The molecule has 0 unspecified atom stereocenters. The number of oxazole rings is 1. The molecule has 2 aromatic carbocycles. The van der Waals surface area contributed by atoms with Crippen LogP contribution in [0.5, 0.6) is 5.75 Å². The van der Waals surface area contributed by atoms with Gasteiger partial charge in [-0.25, -0.2) is 19.3 Å². The van der Waals surface area contributed by atoms with Gasteiger partial charge < -0.3 is 14.5 Å². The van der Waals surface area contributed by atoms with Crippen LogP contribution in [0.2, 0.25) is 0 Å². The molecule has 1 N–H and O–H groups in total. The largest absolute Gasteiger partial charge is 0.497 e. The van der Waals surface area contributed by atoms with Gasteiger partial charge in [0.05, 0.1) is 19.3 Å². The second-order valence-corrected chi connectivity index (χ2v) is 6.40. The van der Waals surface area contributed by atoms with Crippen LogP contribution < -0.4 is 10.1 Å². The fraction of sp³-hybridized carbons (Fsp3) is 0.143. The second kappa shape index (κ2) is 7.67. The van der Waals surface area contributed by atoms with Crippen molar-refractivity contribution in [2.45, 2.75) is 13.5 Å². The first-order valence-corrected chi connectivity index (χ1v) is 8.83. The van der Waals surface area contributed by atoms with Crippen molar-refractivity contribution in [2.24, 2.45) is 0 Å². The molecule has 0 radical (unpaired) electrons. The Morgan fingerprint density at radius 1 is 1.17 bits per heavy atom. The van der Waals surface area contributed by atoms with Gasteiger partial charge in [-0.15, -0.1) is 0 Å². The summed E-state index contributed by atoms with van der Waals surface area (Å²) in [5.41, 5.74) is 3.17. The molecule has 4 rings (SSSR count). The molecule has 146 valence electrons. The minimum atomic E-state index is -0.530.